The van der Waals surface area contributed by atoms with Crippen molar-refractivity contribution in [1.82, 2.24) is 19.3 Å². The molecule has 54 heavy (non-hydrogen) atoms. The number of para-hydroxylation sites is 1. The van der Waals surface area contributed by atoms with Crippen molar-refractivity contribution >= 4 is 21.8 Å². The first-order valence-electron chi connectivity index (χ1n) is 18.8. The van der Waals surface area contributed by atoms with Gasteiger partial charge in [0.25, 0.3) is 0 Å². The topological polar surface area (TPSA) is 44.9 Å². The zero-order chi connectivity index (χ0) is 38.0. The average Bonchev–Trinajstić information content (AvgIpc) is 3.56. The third-order valence-electron chi connectivity index (χ3n) is 10.3. The fourth-order valence-corrected chi connectivity index (χ4v) is 7.63. The maximum absolute atomic E-state index is 6.71. The Morgan fingerprint density at radius 2 is 1.39 bits per heavy atom. The smallest absolute Gasteiger partial charge is 0.509 e. The van der Waals surface area contributed by atoms with Gasteiger partial charge in [-0.2, -0.15) is 11.2 Å². The Bertz CT molecular complexity index is 2480. The molecule has 0 amide bonds. The molecule has 3 aromatic heterocycles. The van der Waals surface area contributed by atoms with Gasteiger partial charge in [-0.05, 0) is 108 Å². The van der Waals surface area contributed by atoms with Crippen LogP contribution in [0.4, 0.5) is 0 Å². The van der Waals surface area contributed by atoms with Crippen LogP contribution in [0.25, 0.3) is 44.4 Å². The molecule has 7 rings (SSSR count). The molecule has 0 aliphatic rings. The SMILES string of the molecule is Cc1cc(C(C)(C)C)cc(C)c1-c1c(C)nn(-c2[c-]c(Oc3[c-]c4c(cc3)c3ccccc3n4-c3cc(CC(C)C)ccn3)cc(C(C)(C)C)c2)c1C.[Pd+2]. The quantitative estimate of drug-likeness (QED) is 0.119. The largest absolute Gasteiger partial charge is 2.00 e. The number of pyridine rings is 1. The molecule has 7 aromatic rings. The maximum atomic E-state index is 6.71. The first-order chi connectivity index (χ1) is 25.0. The van der Waals surface area contributed by atoms with Crippen molar-refractivity contribution in [3.63, 3.8) is 0 Å². The van der Waals surface area contributed by atoms with Gasteiger partial charge in [-0.1, -0.05) is 91.2 Å². The fourth-order valence-electron chi connectivity index (χ4n) is 7.63. The van der Waals surface area contributed by atoms with Gasteiger partial charge < -0.3 is 9.30 Å². The van der Waals surface area contributed by atoms with Gasteiger partial charge >= 0.3 is 20.4 Å². The van der Waals surface area contributed by atoms with E-state index in [4.69, 9.17) is 14.8 Å². The second-order valence-electron chi connectivity index (χ2n) is 17.2. The minimum absolute atomic E-state index is 0. The van der Waals surface area contributed by atoms with Crippen LogP contribution in [0.2, 0.25) is 0 Å². The molecule has 280 valence electrons. The first-order valence-corrected chi connectivity index (χ1v) is 18.8. The van der Waals surface area contributed by atoms with Crippen LogP contribution in [0, 0.1) is 45.7 Å². The Balaban J connectivity index is 0.00000497. The maximum Gasteiger partial charge on any atom is 2.00 e. The minimum Gasteiger partial charge on any atom is -0.509 e. The summed E-state index contributed by atoms with van der Waals surface area (Å²) < 4.78 is 10.9. The summed E-state index contributed by atoms with van der Waals surface area (Å²) in [5.41, 5.74) is 13.6. The molecule has 0 unspecified atom stereocenters. The summed E-state index contributed by atoms with van der Waals surface area (Å²) in [6, 6.07) is 33.1. The number of aromatic nitrogens is 4. The molecule has 3 heterocycles. The molecule has 0 aliphatic heterocycles. The number of rotatable bonds is 7. The van der Waals surface area contributed by atoms with Crippen molar-refractivity contribution in [2.24, 2.45) is 5.92 Å². The van der Waals surface area contributed by atoms with Gasteiger partial charge in [-0.3, -0.25) is 4.68 Å². The molecule has 0 saturated carbocycles. The van der Waals surface area contributed by atoms with E-state index in [2.05, 4.69) is 167 Å². The van der Waals surface area contributed by atoms with Crippen molar-refractivity contribution in [3.05, 3.63) is 130 Å². The van der Waals surface area contributed by atoms with Crippen LogP contribution in [-0.2, 0) is 37.7 Å². The Morgan fingerprint density at radius 3 is 2.06 bits per heavy atom. The number of fused-ring (bicyclic) bond motifs is 3. The van der Waals surface area contributed by atoms with Crippen molar-refractivity contribution in [2.45, 2.75) is 100 Å². The van der Waals surface area contributed by atoms with Gasteiger partial charge in [0.05, 0.1) is 5.69 Å². The summed E-state index contributed by atoms with van der Waals surface area (Å²) in [5, 5.41) is 7.39. The Kier molecular flexibility index (Phi) is 10.6. The van der Waals surface area contributed by atoms with Gasteiger partial charge in [0.2, 0.25) is 0 Å². The first kappa shape index (κ1) is 39.2. The van der Waals surface area contributed by atoms with Gasteiger partial charge in [0.1, 0.15) is 5.82 Å². The predicted octanol–water partition coefficient (Wildman–Crippen LogP) is 12.4. The average molecular weight is 807 g/mol. The normalized spacial score (nSPS) is 12.2. The van der Waals surface area contributed by atoms with Crippen LogP contribution in [0.1, 0.15) is 94.6 Å². The van der Waals surface area contributed by atoms with Crippen molar-refractivity contribution in [2.75, 3.05) is 0 Å². The summed E-state index contributed by atoms with van der Waals surface area (Å²) >= 11 is 0. The molecule has 0 N–H and O–H groups in total. The van der Waals surface area contributed by atoms with Gasteiger partial charge in [-0.25, -0.2) is 4.98 Å². The van der Waals surface area contributed by atoms with E-state index in [0.717, 1.165) is 56.7 Å². The van der Waals surface area contributed by atoms with E-state index in [-0.39, 0.29) is 31.3 Å². The van der Waals surface area contributed by atoms with Crippen LogP contribution in [0.3, 0.4) is 0 Å². The number of hydrogen-bond donors (Lipinski definition) is 0. The van der Waals surface area contributed by atoms with Crippen molar-refractivity contribution in [1.29, 1.82) is 0 Å². The summed E-state index contributed by atoms with van der Waals surface area (Å²) in [7, 11) is 0. The zero-order valence-corrected chi connectivity index (χ0v) is 35.4. The number of benzene rings is 4. The zero-order valence-electron chi connectivity index (χ0n) is 33.8. The van der Waals surface area contributed by atoms with Crippen molar-refractivity contribution < 1.29 is 25.2 Å². The Morgan fingerprint density at radius 1 is 0.722 bits per heavy atom. The molecule has 0 aliphatic carbocycles. The number of hydrogen-bond acceptors (Lipinski definition) is 3. The van der Waals surface area contributed by atoms with Gasteiger partial charge in [0, 0.05) is 34.5 Å². The number of nitrogens with zero attached hydrogens (tertiary/aromatic N) is 4. The Labute approximate surface area is 335 Å². The van der Waals surface area contributed by atoms with Crippen LogP contribution in [0.15, 0.2) is 79.0 Å². The molecule has 0 spiro atoms. The second-order valence-corrected chi connectivity index (χ2v) is 17.2. The van der Waals surface area contributed by atoms with E-state index in [9.17, 15) is 0 Å². The van der Waals surface area contributed by atoms with Crippen LogP contribution in [-0.4, -0.2) is 19.3 Å². The summed E-state index contributed by atoms with van der Waals surface area (Å²) in [4.78, 5) is 4.84. The number of aryl methyl sites for hydroxylation is 3. The Hall–Kier alpha value is -4.50. The van der Waals surface area contributed by atoms with E-state index < -0.39 is 0 Å². The van der Waals surface area contributed by atoms with Crippen LogP contribution in [0.5, 0.6) is 11.5 Å². The third kappa shape index (κ3) is 7.44. The van der Waals surface area contributed by atoms with Gasteiger partial charge in [0.15, 0.2) is 0 Å². The summed E-state index contributed by atoms with van der Waals surface area (Å²) in [5.74, 6) is 2.67. The molecule has 0 atom stereocenters. The van der Waals surface area contributed by atoms with E-state index in [1.807, 2.05) is 16.9 Å². The summed E-state index contributed by atoms with van der Waals surface area (Å²) in [6.07, 6.45) is 2.91. The predicted molar refractivity (Wildman–Crippen MR) is 220 cm³/mol. The molecule has 0 bridgehead atoms. The standard InChI is InChI=1S/C48H52N4O.Pd/c1-29(2)21-34-19-20-49-44(24-34)51-42-16-14-13-15-40(42)41-18-17-38(28-43(41)51)53-39-26-36(48(10,11)12)25-37(27-39)52-33(6)46(32(5)50-52)45-30(3)22-35(23-31(45)4)47(7,8)9;/h13-20,22-26,29H,21H2,1-12H3;/q-2;+2. The molecular weight excluding hydrogens is 755 g/mol. The molecule has 4 aromatic carbocycles. The monoisotopic (exact) mass is 806 g/mol. The van der Waals surface area contributed by atoms with Crippen molar-refractivity contribution in [3.8, 4) is 34.1 Å². The molecule has 0 radical (unpaired) electrons. The molecule has 6 heteroatoms. The van der Waals surface area contributed by atoms with E-state index in [1.165, 1.54) is 33.4 Å². The summed E-state index contributed by atoms with van der Waals surface area (Å²) in [6.45, 7) is 26.7. The molecule has 0 fully saturated rings. The third-order valence-corrected chi connectivity index (χ3v) is 10.3. The molecule has 5 nitrogen and oxygen atoms in total. The van der Waals surface area contributed by atoms with E-state index in [0.29, 0.717) is 17.4 Å². The fraction of sp³-hybridized carbons (Fsp3) is 0.333. The van der Waals surface area contributed by atoms with Crippen LogP contribution >= 0.6 is 0 Å². The van der Waals surface area contributed by atoms with E-state index >= 15 is 0 Å². The van der Waals surface area contributed by atoms with E-state index in [1.54, 1.807) is 0 Å². The number of ether oxygens (including phenoxy) is 1. The van der Waals surface area contributed by atoms with Crippen LogP contribution < -0.4 is 4.74 Å². The molecule has 0 saturated heterocycles. The second kappa shape index (κ2) is 14.6. The molecular formula is C48H52N4OPd. The van der Waals surface area contributed by atoms with Gasteiger partial charge in [-0.15, -0.1) is 41.3 Å². The minimum atomic E-state index is -0.135.